The minimum atomic E-state index is 0. The number of imidazole rings is 1. The van der Waals surface area contributed by atoms with E-state index in [2.05, 4.69) is 42.1 Å². The van der Waals surface area contributed by atoms with Gasteiger partial charge in [0.1, 0.15) is 12.0 Å². The predicted octanol–water partition coefficient (Wildman–Crippen LogP) is 7.99. The van der Waals surface area contributed by atoms with Gasteiger partial charge >= 0.3 is 21.1 Å². The second-order valence-corrected chi connectivity index (χ2v) is 9.00. The first-order chi connectivity index (χ1) is 19.8. The molecule has 0 aliphatic carbocycles. The molecule has 0 atom stereocenters. The molecule has 2 aromatic heterocycles. The molecule has 0 amide bonds. The molecule has 2 aromatic carbocycles. The number of ketones is 1. The van der Waals surface area contributed by atoms with Crippen LogP contribution in [0.5, 0.6) is 5.75 Å². The Labute approximate surface area is 273 Å². The number of fused-ring (bicyclic) bond motifs is 1. The van der Waals surface area contributed by atoms with E-state index in [-0.39, 0.29) is 34.3 Å². The number of methoxy groups -OCH3 is 1. The summed E-state index contributed by atoms with van der Waals surface area (Å²) in [5.74, 6) is 1.72. The third-order valence-electron chi connectivity index (χ3n) is 5.95. The fourth-order valence-corrected chi connectivity index (χ4v) is 3.92. The second-order valence-electron chi connectivity index (χ2n) is 9.00. The number of hydrogen-bond donors (Lipinski definition) is 2. The number of carbonyl (C=O) groups excluding carboxylic acids is 2. The maximum absolute atomic E-state index is 12.4. The molecule has 0 saturated heterocycles. The van der Waals surface area contributed by atoms with Crippen LogP contribution in [0.4, 0.5) is 11.5 Å². The molecule has 4 aromatic rings. The molecule has 9 heteroatoms. The maximum atomic E-state index is 12.4. The van der Waals surface area contributed by atoms with Crippen LogP contribution >= 0.6 is 0 Å². The fraction of sp³-hybridized carbons (Fsp3) is 0.353. The van der Waals surface area contributed by atoms with Crippen molar-refractivity contribution >= 4 is 29.2 Å². The number of carbonyl (C=O) groups is 2. The summed E-state index contributed by atoms with van der Waals surface area (Å²) in [7, 11) is 1.68. The molecule has 43 heavy (non-hydrogen) atoms. The zero-order valence-electron chi connectivity index (χ0n) is 27.1. The first kappa shape index (κ1) is 41.8. The first-order valence-electron chi connectivity index (χ1n) is 14.0. The van der Waals surface area contributed by atoms with Crippen LogP contribution in [0.1, 0.15) is 74.9 Å². The van der Waals surface area contributed by atoms with Gasteiger partial charge in [-0.15, -0.1) is 0 Å². The van der Waals surface area contributed by atoms with Crippen molar-refractivity contribution in [3.63, 3.8) is 0 Å². The third kappa shape index (κ3) is 12.4. The van der Waals surface area contributed by atoms with E-state index in [1.54, 1.807) is 20.2 Å². The van der Waals surface area contributed by atoms with E-state index in [4.69, 9.17) is 15.3 Å². The van der Waals surface area contributed by atoms with Gasteiger partial charge in [0.2, 0.25) is 0 Å². The molecule has 0 radical (unpaired) electrons. The molecule has 0 saturated carbocycles. The monoisotopic (exact) mass is 759 g/mol. The molecule has 2 heterocycles. The Bertz CT molecular complexity index is 1370. The number of ether oxygens (including phenoxy) is 1. The van der Waals surface area contributed by atoms with E-state index in [1.165, 1.54) is 6.92 Å². The molecule has 0 fully saturated rings. The van der Waals surface area contributed by atoms with Gasteiger partial charge in [0.05, 0.1) is 19.0 Å². The number of aryl methyl sites for hydroxylation is 2. The van der Waals surface area contributed by atoms with Crippen LogP contribution in [0.25, 0.3) is 16.9 Å². The number of Topliss-reactive ketones (excluding diaryl/α,β-unsaturated/α-hetero) is 1. The Morgan fingerprint density at radius 2 is 1.72 bits per heavy atom. The molecule has 234 valence electrons. The van der Waals surface area contributed by atoms with E-state index in [0.717, 1.165) is 77.1 Å². The van der Waals surface area contributed by atoms with Gasteiger partial charge in [-0.1, -0.05) is 20.3 Å². The van der Waals surface area contributed by atoms with Crippen LogP contribution in [0, 0.1) is 28.2 Å². The van der Waals surface area contributed by atoms with Crippen molar-refractivity contribution in [1.82, 2.24) is 14.4 Å². The quantitative estimate of drug-likeness (QED) is 0.101. The summed E-state index contributed by atoms with van der Waals surface area (Å²) in [5, 5.41) is 3.37. The smallest absolute Gasteiger partial charge is 0.496 e. The Morgan fingerprint density at radius 1 is 1.07 bits per heavy atom. The number of nitrogens with one attached hydrogen (secondary N) is 1. The van der Waals surface area contributed by atoms with E-state index >= 15 is 0 Å². The Morgan fingerprint density at radius 3 is 2.26 bits per heavy atom. The van der Waals surface area contributed by atoms with Crippen LogP contribution in [0.2, 0.25) is 0 Å². The SMILES string of the molecule is CC=O.CCCCC(=O)c1ccc(Nc2nccn3c(-c4ccc(OC)c(C)c4)cnc23)cc1C.CCCN.[CH2-]C.[CH3-].[W+2]. The van der Waals surface area contributed by atoms with Gasteiger partial charge in [-0.3, -0.25) is 9.20 Å². The average molecular weight is 760 g/mol. The summed E-state index contributed by atoms with van der Waals surface area (Å²) in [6.07, 6.45) is 9.88. The molecule has 0 aliphatic heterocycles. The van der Waals surface area contributed by atoms with E-state index in [1.807, 2.05) is 61.0 Å². The van der Waals surface area contributed by atoms with Crippen LogP contribution in [-0.2, 0) is 25.9 Å². The minimum absolute atomic E-state index is 0. The number of unbranched alkanes of at least 4 members (excludes halogenated alkanes) is 1. The zero-order valence-corrected chi connectivity index (χ0v) is 30.0. The largest absolute Gasteiger partial charge is 2.00 e. The Hall–Kier alpha value is -3.35. The molecule has 8 nitrogen and oxygen atoms in total. The van der Waals surface area contributed by atoms with Gasteiger partial charge in [-0.25, -0.2) is 9.97 Å². The van der Waals surface area contributed by atoms with E-state index < -0.39 is 0 Å². The fourth-order valence-electron chi connectivity index (χ4n) is 3.92. The number of nitrogens with zero attached hydrogens (tertiary/aromatic N) is 3. The summed E-state index contributed by atoms with van der Waals surface area (Å²) in [6.45, 7) is 15.4. The predicted molar refractivity (Wildman–Crippen MR) is 177 cm³/mol. The van der Waals surface area contributed by atoms with Crippen molar-refractivity contribution < 1.29 is 35.4 Å². The van der Waals surface area contributed by atoms with Crippen LogP contribution < -0.4 is 15.8 Å². The summed E-state index contributed by atoms with van der Waals surface area (Å²) in [5.41, 5.74) is 11.5. The third-order valence-corrected chi connectivity index (χ3v) is 5.95. The number of rotatable bonds is 9. The number of anilines is 2. The number of benzene rings is 2. The topological polar surface area (TPSA) is 112 Å². The summed E-state index contributed by atoms with van der Waals surface area (Å²) < 4.78 is 7.40. The molecule has 0 aliphatic rings. The number of hydrogen-bond acceptors (Lipinski definition) is 7. The molecule has 4 rings (SSSR count). The van der Waals surface area contributed by atoms with Crippen molar-refractivity contribution in [3.05, 3.63) is 86.0 Å². The summed E-state index contributed by atoms with van der Waals surface area (Å²) in [6, 6.07) is 11.9. The van der Waals surface area contributed by atoms with Crippen molar-refractivity contribution in [2.75, 3.05) is 19.0 Å². The second kappa shape index (κ2) is 23.1. The normalized spacial score (nSPS) is 9.33. The number of nitrogens with two attached hydrogens (primary N) is 1. The van der Waals surface area contributed by atoms with Gasteiger partial charge in [0.15, 0.2) is 17.2 Å². The Kier molecular flexibility index (Phi) is 22.5. The van der Waals surface area contributed by atoms with Gasteiger partial charge in [0.25, 0.3) is 0 Å². The molecule has 0 spiro atoms. The number of aldehydes is 1. The molecular weight excluding hydrogens is 710 g/mol. The maximum Gasteiger partial charge on any atom is 2.00 e. The van der Waals surface area contributed by atoms with Crippen molar-refractivity contribution in [2.45, 2.75) is 67.2 Å². The van der Waals surface area contributed by atoms with Gasteiger partial charge in [0, 0.05) is 35.6 Å². The van der Waals surface area contributed by atoms with Crippen LogP contribution in [0.15, 0.2) is 55.0 Å². The minimum Gasteiger partial charge on any atom is -0.496 e. The number of aromatic nitrogens is 3. The Balaban J connectivity index is 0. The van der Waals surface area contributed by atoms with Gasteiger partial charge in [-0.05, 0) is 87.7 Å². The van der Waals surface area contributed by atoms with E-state index in [0.29, 0.717) is 12.2 Å². The average Bonchev–Trinajstić information content (AvgIpc) is 3.43. The molecule has 0 bridgehead atoms. The zero-order chi connectivity index (χ0) is 30.8. The molecule has 0 unspecified atom stereocenters. The van der Waals surface area contributed by atoms with Crippen molar-refractivity contribution in [3.8, 4) is 17.0 Å². The summed E-state index contributed by atoms with van der Waals surface area (Å²) in [4.78, 5) is 30.3. The first-order valence-corrected chi connectivity index (χ1v) is 14.0. The molecule has 3 N–H and O–H groups in total. The van der Waals surface area contributed by atoms with Crippen molar-refractivity contribution in [1.29, 1.82) is 0 Å². The molecular formula is C34H49N5O3W. The standard InChI is InChI=1S/C26H28N4O2.C3H9N.C2H4O.C2H5.CH3.W/c1-5-6-7-23(31)21-10-9-20(15-17(21)2)29-25-26-28-16-22(30(26)13-12-27-25)19-8-11-24(32-4)18(3)14-19;1-2-3-4;1-2-3;1-2;;/h8-16H,5-7H2,1-4H3,(H,27,29);2-4H2,1H3;2H,1H3;1H2,2H3;1H3;/q;;;2*-1;+2. The van der Waals surface area contributed by atoms with Crippen molar-refractivity contribution in [2.24, 2.45) is 5.73 Å². The van der Waals surface area contributed by atoms with E-state index in [9.17, 15) is 4.79 Å². The van der Waals surface area contributed by atoms with Crippen LogP contribution in [-0.4, -0.2) is 40.1 Å². The van der Waals surface area contributed by atoms with Crippen LogP contribution in [0.3, 0.4) is 0 Å². The van der Waals surface area contributed by atoms with Gasteiger partial charge in [-0.2, -0.15) is 6.92 Å². The summed E-state index contributed by atoms with van der Waals surface area (Å²) >= 11 is 0. The van der Waals surface area contributed by atoms with Gasteiger partial charge < -0.3 is 34.9 Å².